The van der Waals surface area contributed by atoms with E-state index < -0.39 is 0 Å². The molecule has 0 bridgehead atoms. The van der Waals surface area contributed by atoms with Crippen molar-refractivity contribution in [2.45, 2.75) is 19.9 Å². The van der Waals surface area contributed by atoms with Gasteiger partial charge in [0.25, 0.3) is 0 Å². The van der Waals surface area contributed by atoms with Gasteiger partial charge in [0.1, 0.15) is 0 Å². The van der Waals surface area contributed by atoms with Crippen LogP contribution in [0.3, 0.4) is 0 Å². The number of pyridine rings is 1. The third-order valence-corrected chi connectivity index (χ3v) is 2.84. The Morgan fingerprint density at radius 1 is 1.29 bits per heavy atom. The zero-order valence-electron chi connectivity index (χ0n) is 10.3. The Bertz CT molecular complexity index is 496. The molecule has 2 aromatic heterocycles. The average Bonchev–Trinajstić information content (AvgIpc) is 2.39. The van der Waals surface area contributed by atoms with Crippen LogP contribution < -0.4 is 5.32 Å². The van der Waals surface area contributed by atoms with E-state index in [1.807, 2.05) is 32.3 Å². The molecule has 0 aliphatic heterocycles. The van der Waals surface area contributed by atoms with Gasteiger partial charge in [0.05, 0.1) is 0 Å². The first-order valence-corrected chi connectivity index (χ1v) is 5.63. The van der Waals surface area contributed by atoms with E-state index in [2.05, 4.69) is 27.2 Å². The second-order valence-electron chi connectivity index (χ2n) is 3.99. The number of hydrogen-bond donors (Lipinski definition) is 1. The van der Waals surface area contributed by atoms with Gasteiger partial charge < -0.3 is 5.32 Å². The average molecular weight is 228 g/mol. The number of nitrogens with one attached hydrogen (secondary N) is 1. The molecule has 17 heavy (non-hydrogen) atoms. The van der Waals surface area contributed by atoms with E-state index in [4.69, 9.17) is 0 Å². The van der Waals surface area contributed by atoms with Crippen molar-refractivity contribution in [1.82, 2.24) is 20.3 Å². The molecule has 0 aromatic carbocycles. The highest BCUT2D eigenvalue weighted by atomic mass is 14.9. The van der Waals surface area contributed by atoms with Crippen molar-refractivity contribution in [1.29, 1.82) is 0 Å². The molecule has 0 amide bonds. The molecular weight excluding hydrogens is 212 g/mol. The van der Waals surface area contributed by atoms with Crippen molar-refractivity contribution in [2.75, 3.05) is 7.05 Å². The normalized spacial score (nSPS) is 12.4. The summed E-state index contributed by atoms with van der Waals surface area (Å²) in [6, 6.07) is 4.11. The molecule has 0 saturated carbocycles. The van der Waals surface area contributed by atoms with Crippen LogP contribution >= 0.6 is 0 Å². The third kappa shape index (κ3) is 2.47. The minimum Gasteiger partial charge on any atom is -0.313 e. The lowest BCUT2D eigenvalue weighted by atomic mass is 10.1. The Morgan fingerprint density at radius 2 is 2.12 bits per heavy atom. The van der Waals surface area contributed by atoms with Gasteiger partial charge in [-0.3, -0.25) is 4.98 Å². The maximum Gasteiger partial charge on any atom is 0.160 e. The summed E-state index contributed by atoms with van der Waals surface area (Å²) in [5.74, 6) is 0.725. The molecule has 0 fully saturated rings. The van der Waals surface area contributed by atoms with Gasteiger partial charge in [-0.25, -0.2) is 9.97 Å². The largest absolute Gasteiger partial charge is 0.313 e. The summed E-state index contributed by atoms with van der Waals surface area (Å²) in [4.78, 5) is 13.0. The van der Waals surface area contributed by atoms with Crippen LogP contribution in [-0.2, 0) is 0 Å². The highest BCUT2D eigenvalue weighted by Gasteiger charge is 2.09. The van der Waals surface area contributed by atoms with Gasteiger partial charge in [-0.15, -0.1) is 0 Å². The van der Waals surface area contributed by atoms with Crippen LogP contribution in [-0.4, -0.2) is 22.0 Å². The standard InChI is InChI=1S/C13H16N4/c1-9(14-3)12-8-16-13(17-10(12)2)11-5-4-6-15-7-11/h4-9,14H,1-3H3. The summed E-state index contributed by atoms with van der Waals surface area (Å²) in [6.45, 7) is 4.10. The van der Waals surface area contributed by atoms with Crippen molar-refractivity contribution in [3.8, 4) is 11.4 Å². The maximum atomic E-state index is 4.52. The van der Waals surface area contributed by atoms with E-state index in [1.165, 1.54) is 0 Å². The fourth-order valence-corrected chi connectivity index (χ4v) is 1.69. The first kappa shape index (κ1) is 11.7. The first-order chi connectivity index (χ1) is 8.22. The fourth-order valence-electron chi connectivity index (χ4n) is 1.69. The Hall–Kier alpha value is -1.81. The summed E-state index contributed by atoms with van der Waals surface area (Å²) in [5, 5.41) is 3.19. The molecule has 1 N–H and O–H groups in total. The molecule has 0 saturated heterocycles. The van der Waals surface area contributed by atoms with E-state index in [9.17, 15) is 0 Å². The van der Waals surface area contributed by atoms with Crippen molar-refractivity contribution < 1.29 is 0 Å². The summed E-state index contributed by atoms with van der Waals surface area (Å²) < 4.78 is 0. The monoisotopic (exact) mass is 228 g/mol. The van der Waals surface area contributed by atoms with Crippen molar-refractivity contribution in [3.05, 3.63) is 42.0 Å². The Kier molecular flexibility index (Phi) is 3.44. The molecule has 1 unspecified atom stereocenters. The van der Waals surface area contributed by atoms with Crippen molar-refractivity contribution in [2.24, 2.45) is 0 Å². The molecule has 0 aliphatic carbocycles. The smallest absolute Gasteiger partial charge is 0.160 e. The minimum absolute atomic E-state index is 0.262. The number of hydrogen-bond acceptors (Lipinski definition) is 4. The lowest BCUT2D eigenvalue weighted by molar-refractivity contribution is 0.641. The van der Waals surface area contributed by atoms with Crippen LogP contribution in [0.2, 0.25) is 0 Å². The summed E-state index contributed by atoms with van der Waals surface area (Å²) in [7, 11) is 1.93. The zero-order valence-corrected chi connectivity index (χ0v) is 10.3. The molecule has 0 spiro atoms. The predicted octanol–water partition coefficient (Wildman–Crippen LogP) is 2.13. The van der Waals surface area contributed by atoms with Crippen LogP contribution in [0.1, 0.15) is 24.2 Å². The quantitative estimate of drug-likeness (QED) is 0.874. The van der Waals surface area contributed by atoms with Gasteiger partial charge in [-0.2, -0.15) is 0 Å². The molecule has 0 aliphatic rings. The summed E-state index contributed by atoms with van der Waals surface area (Å²) >= 11 is 0. The lowest BCUT2D eigenvalue weighted by Crippen LogP contribution is -2.14. The van der Waals surface area contributed by atoms with E-state index in [1.54, 1.807) is 12.4 Å². The van der Waals surface area contributed by atoms with E-state index in [0.717, 1.165) is 22.6 Å². The van der Waals surface area contributed by atoms with Crippen molar-refractivity contribution >= 4 is 0 Å². The Morgan fingerprint density at radius 3 is 2.71 bits per heavy atom. The molecule has 2 rings (SSSR count). The number of rotatable bonds is 3. The topological polar surface area (TPSA) is 50.7 Å². The molecule has 2 heterocycles. The number of aryl methyl sites for hydroxylation is 1. The van der Waals surface area contributed by atoms with E-state index in [0.29, 0.717) is 0 Å². The van der Waals surface area contributed by atoms with Gasteiger partial charge in [-0.1, -0.05) is 0 Å². The van der Waals surface area contributed by atoms with Gasteiger partial charge >= 0.3 is 0 Å². The second kappa shape index (κ2) is 5.01. The molecule has 4 heteroatoms. The number of aromatic nitrogens is 3. The third-order valence-electron chi connectivity index (χ3n) is 2.84. The van der Waals surface area contributed by atoms with Crippen molar-refractivity contribution in [3.63, 3.8) is 0 Å². The first-order valence-electron chi connectivity index (χ1n) is 5.63. The second-order valence-corrected chi connectivity index (χ2v) is 3.99. The molecular formula is C13H16N4. The van der Waals surface area contributed by atoms with Crippen LogP contribution in [0.25, 0.3) is 11.4 Å². The molecule has 2 aromatic rings. The highest BCUT2D eigenvalue weighted by Crippen LogP contribution is 2.18. The van der Waals surface area contributed by atoms with Crippen LogP contribution in [0.5, 0.6) is 0 Å². The highest BCUT2D eigenvalue weighted by molar-refractivity contribution is 5.53. The van der Waals surface area contributed by atoms with Gasteiger partial charge in [0.2, 0.25) is 0 Å². The Labute approximate surface area is 101 Å². The van der Waals surface area contributed by atoms with Gasteiger partial charge in [-0.05, 0) is 33.0 Å². The molecule has 0 radical (unpaired) electrons. The number of nitrogens with zero attached hydrogens (tertiary/aromatic N) is 3. The van der Waals surface area contributed by atoms with Gasteiger partial charge in [0, 0.05) is 41.5 Å². The van der Waals surface area contributed by atoms with Crippen LogP contribution in [0.4, 0.5) is 0 Å². The fraction of sp³-hybridized carbons (Fsp3) is 0.308. The van der Waals surface area contributed by atoms with E-state index in [-0.39, 0.29) is 6.04 Å². The summed E-state index contributed by atoms with van der Waals surface area (Å²) in [5.41, 5.74) is 3.07. The summed E-state index contributed by atoms with van der Waals surface area (Å²) in [6.07, 6.45) is 5.40. The minimum atomic E-state index is 0.262. The maximum absolute atomic E-state index is 4.52. The van der Waals surface area contributed by atoms with Crippen LogP contribution in [0.15, 0.2) is 30.7 Å². The lowest BCUT2D eigenvalue weighted by Gasteiger charge is -2.13. The molecule has 1 atom stereocenters. The zero-order chi connectivity index (χ0) is 12.3. The Balaban J connectivity index is 2.38. The molecule has 88 valence electrons. The van der Waals surface area contributed by atoms with E-state index >= 15 is 0 Å². The SMILES string of the molecule is CNC(C)c1cnc(-c2cccnc2)nc1C. The van der Waals surface area contributed by atoms with Gasteiger partial charge in [0.15, 0.2) is 5.82 Å². The van der Waals surface area contributed by atoms with Crippen LogP contribution in [0, 0.1) is 6.92 Å². The predicted molar refractivity (Wildman–Crippen MR) is 67.5 cm³/mol. The molecule has 4 nitrogen and oxygen atoms in total.